The molecule has 0 amide bonds. The van der Waals surface area contributed by atoms with Gasteiger partial charge in [-0.15, -0.1) is 0 Å². The summed E-state index contributed by atoms with van der Waals surface area (Å²) in [4.78, 5) is 20.6. The van der Waals surface area contributed by atoms with Gasteiger partial charge in [-0.05, 0) is 25.0 Å². The molecule has 1 aromatic carbocycles. The van der Waals surface area contributed by atoms with Crippen molar-refractivity contribution >= 4 is 23.2 Å². The molecule has 2 aliphatic rings. The van der Waals surface area contributed by atoms with Crippen LogP contribution in [0.2, 0.25) is 0 Å². The summed E-state index contributed by atoms with van der Waals surface area (Å²) in [6.07, 6.45) is 3.28. The number of amidine groups is 1. The molecule has 6 heteroatoms. The number of carbonyl (C=O) groups excluding carboxylic acids is 1. The van der Waals surface area contributed by atoms with Crippen molar-refractivity contribution in [1.82, 2.24) is 4.90 Å². The second-order valence-electron chi connectivity index (χ2n) is 6.40. The Balaban J connectivity index is 1.76. The minimum absolute atomic E-state index is 0.229. The maximum absolute atomic E-state index is 11.0. The summed E-state index contributed by atoms with van der Waals surface area (Å²) < 4.78 is 10.6. The Bertz CT molecular complexity index is 612. The van der Waals surface area contributed by atoms with E-state index in [9.17, 15) is 4.79 Å². The van der Waals surface area contributed by atoms with Crippen LogP contribution in [0, 0.1) is 0 Å². The molecule has 0 N–H and O–H groups in total. The number of benzene rings is 1. The normalized spacial score (nSPS) is 20.0. The molecule has 6 nitrogen and oxygen atoms in total. The molecule has 136 valence electrons. The Morgan fingerprint density at radius 1 is 1.20 bits per heavy atom. The Morgan fingerprint density at radius 2 is 2.00 bits per heavy atom. The van der Waals surface area contributed by atoms with Gasteiger partial charge in [0.25, 0.3) is 0 Å². The number of ether oxygens (including phenoxy) is 2. The van der Waals surface area contributed by atoms with E-state index in [1.807, 2.05) is 6.07 Å². The van der Waals surface area contributed by atoms with Gasteiger partial charge >= 0.3 is 5.97 Å². The van der Waals surface area contributed by atoms with Crippen LogP contribution in [0.1, 0.15) is 26.2 Å². The Kier molecular flexibility index (Phi) is 6.28. The smallest absolute Gasteiger partial charge is 0.302 e. The van der Waals surface area contributed by atoms with Gasteiger partial charge in [-0.3, -0.25) is 4.79 Å². The fourth-order valence-electron chi connectivity index (χ4n) is 3.31. The van der Waals surface area contributed by atoms with E-state index in [1.54, 1.807) is 0 Å². The summed E-state index contributed by atoms with van der Waals surface area (Å²) in [5.41, 5.74) is 2.18. The minimum Gasteiger partial charge on any atom is -0.464 e. The first-order chi connectivity index (χ1) is 12.2. The van der Waals surface area contributed by atoms with Crippen molar-refractivity contribution in [3.05, 3.63) is 24.3 Å². The van der Waals surface area contributed by atoms with Gasteiger partial charge in [0.05, 0.1) is 31.1 Å². The number of hydrogen-bond acceptors (Lipinski definition) is 5. The Labute approximate surface area is 149 Å². The number of aliphatic imine (C=N–C) groups is 1. The first-order valence-electron chi connectivity index (χ1n) is 9.11. The molecule has 2 aliphatic heterocycles. The molecule has 0 aromatic heterocycles. The van der Waals surface area contributed by atoms with E-state index in [0.29, 0.717) is 13.2 Å². The first kappa shape index (κ1) is 17.7. The van der Waals surface area contributed by atoms with Gasteiger partial charge in [-0.1, -0.05) is 12.1 Å². The third-order valence-electron chi connectivity index (χ3n) is 4.59. The van der Waals surface area contributed by atoms with Crippen LogP contribution in [0.15, 0.2) is 29.3 Å². The molecule has 0 spiro atoms. The molecular weight excluding hydrogens is 318 g/mol. The second kappa shape index (κ2) is 8.85. The van der Waals surface area contributed by atoms with Gasteiger partial charge in [0.2, 0.25) is 0 Å². The summed E-state index contributed by atoms with van der Waals surface area (Å²) in [5.74, 6) is 0.868. The number of carbonyl (C=O) groups is 1. The fourth-order valence-corrected chi connectivity index (χ4v) is 3.31. The summed E-state index contributed by atoms with van der Waals surface area (Å²) in [5, 5.41) is 0. The van der Waals surface area contributed by atoms with E-state index in [2.05, 4.69) is 28.0 Å². The largest absolute Gasteiger partial charge is 0.464 e. The van der Waals surface area contributed by atoms with Crippen molar-refractivity contribution in [1.29, 1.82) is 0 Å². The van der Waals surface area contributed by atoms with Crippen LogP contribution in [-0.4, -0.2) is 62.7 Å². The van der Waals surface area contributed by atoms with Crippen molar-refractivity contribution in [3.63, 3.8) is 0 Å². The van der Waals surface area contributed by atoms with Crippen molar-refractivity contribution in [2.24, 2.45) is 4.99 Å². The van der Waals surface area contributed by atoms with Gasteiger partial charge in [-0.25, -0.2) is 4.99 Å². The Hall–Kier alpha value is -2.08. The highest BCUT2D eigenvalue weighted by Crippen LogP contribution is 2.30. The summed E-state index contributed by atoms with van der Waals surface area (Å²) in [7, 11) is 0. The van der Waals surface area contributed by atoms with Crippen LogP contribution in [-0.2, 0) is 14.3 Å². The second-order valence-corrected chi connectivity index (χ2v) is 6.40. The zero-order valence-electron chi connectivity index (χ0n) is 14.9. The molecule has 0 saturated carbocycles. The standard InChI is InChI=1S/C19H27N3O3/c1-16(23)25-15-12-22-9-5-4-8-19(22)20-17-6-2-3-7-18(17)21-10-13-24-14-11-21/h2-3,6-7H,4-5,8-15H2,1H3. The monoisotopic (exact) mass is 345 g/mol. The molecule has 0 bridgehead atoms. The van der Waals surface area contributed by atoms with Crippen LogP contribution in [0.5, 0.6) is 0 Å². The topological polar surface area (TPSA) is 54.4 Å². The molecule has 0 aliphatic carbocycles. The maximum Gasteiger partial charge on any atom is 0.302 e. The molecule has 2 fully saturated rings. The van der Waals surface area contributed by atoms with Gasteiger partial charge in [0, 0.05) is 33.0 Å². The van der Waals surface area contributed by atoms with E-state index in [0.717, 1.165) is 63.6 Å². The van der Waals surface area contributed by atoms with Crippen LogP contribution in [0.3, 0.4) is 0 Å². The SMILES string of the molecule is CC(=O)OCCN1CCCCC1=Nc1ccccc1N1CCOCC1. The predicted octanol–water partition coefficient (Wildman–Crippen LogP) is 2.60. The lowest BCUT2D eigenvalue weighted by atomic mass is 10.1. The van der Waals surface area contributed by atoms with E-state index < -0.39 is 0 Å². The maximum atomic E-state index is 11.0. The zero-order valence-corrected chi connectivity index (χ0v) is 14.9. The van der Waals surface area contributed by atoms with Gasteiger partial charge < -0.3 is 19.3 Å². The van der Waals surface area contributed by atoms with Crippen molar-refractivity contribution in [2.75, 3.05) is 50.9 Å². The predicted molar refractivity (Wildman–Crippen MR) is 98.6 cm³/mol. The molecule has 0 atom stereocenters. The van der Waals surface area contributed by atoms with E-state index >= 15 is 0 Å². The average Bonchev–Trinajstić information content (AvgIpc) is 2.64. The Morgan fingerprint density at radius 3 is 2.80 bits per heavy atom. The number of para-hydroxylation sites is 2. The highest BCUT2D eigenvalue weighted by atomic mass is 16.5. The molecule has 2 heterocycles. The van der Waals surface area contributed by atoms with Crippen LogP contribution in [0.25, 0.3) is 0 Å². The van der Waals surface area contributed by atoms with Crippen LogP contribution >= 0.6 is 0 Å². The van der Waals surface area contributed by atoms with E-state index in [4.69, 9.17) is 14.5 Å². The fraction of sp³-hybridized carbons (Fsp3) is 0.579. The lowest BCUT2D eigenvalue weighted by Gasteiger charge is -2.32. The lowest BCUT2D eigenvalue weighted by molar-refractivity contribution is -0.141. The van der Waals surface area contributed by atoms with Crippen molar-refractivity contribution in [3.8, 4) is 0 Å². The highest BCUT2D eigenvalue weighted by Gasteiger charge is 2.19. The molecular formula is C19H27N3O3. The van der Waals surface area contributed by atoms with E-state index in [-0.39, 0.29) is 5.97 Å². The lowest BCUT2D eigenvalue weighted by Crippen LogP contribution is -2.38. The summed E-state index contributed by atoms with van der Waals surface area (Å²) in [6.45, 7) is 6.87. The molecule has 25 heavy (non-hydrogen) atoms. The number of nitrogens with zero attached hydrogens (tertiary/aromatic N) is 3. The number of likely N-dealkylation sites (tertiary alicyclic amines) is 1. The quantitative estimate of drug-likeness (QED) is 0.768. The average molecular weight is 345 g/mol. The van der Waals surface area contributed by atoms with E-state index in [1.165, 1.54) is 12.6 Å². The first-order valence-corrected chi connectivity index (χ1v) is 9.11. The van der Waals surface area contributed by atoms with Gasteiger partial charge in [0.15, 0.2) is 0 Å². The van der Waals surface area contributed by atoms with Crippen molar-refractivity contribution in [2.45, 2.75) is 26.2 Å². The number of piperidine rings is 1. The zero-order chi connectivity index (χ0) is 17.5. The number of hydrogen-bond donors (Lipinski definition) is 0. The molecule has 2 saturated heterocycles. The van der Waals surface area contributed by atoms with Crippen LogP contribution in [0.4, 0.5) is 11.4 Å². The number of anilines is 1. The molecule has 3 rings (SSSR count). The summed E-state index contributed by atoms with van der Waals surface area (Å²) in [6, 6.07) is 8.32. The van der Waals surface area contributed by atoms with Crippen molar-refractivity contribution < 1.29 is 14.3 Å². The number of esters is 1. The number of rotatable bonds is 5. The third kappa shape index (κ3) is 4.95. The van der Waals surface area contributed by atoms with Gasteiger partial charge in [0.1, 0.15) is 12.4 Å². The molecule has 1 aromatic rings. The summed E-state index contributed by atoms with van der Waals surface area (Å²) >= 11 is 0. The third-order valence-corrected chi connectivity index (χ3v) is 4.59. The molecule has 0 radical (unpaired) electrons. The van der Waals surface area contributed by atoms with Gasteiger partial charge in [-0.2, -0.15) is 0 Å². The van der Waals surface area contributed by atoms with Crippen LogP contribution < -0.4 is 4.90 Å². The minimum atomic E-state index is -0.229. The number of morpholine rings is 1. The molecule has 0 unspecified atom stereocenters. The highest BCUT2D eigenvalue weighted by molar-refractivity contribution is 5.87.